The molecule has 0 saturated heterocycles. The van der Waals surface area contributed by atoms with Crippen LogP contribution in [0.15, 0.2) is 34.8 Å². The minimum Gasteiger partial charge on any atom is -0.493 e. The van der Waals surface area contributed by atoms with Gasteiger partial charge in [0.2, 0.25) is 0 Å². The largest absolute Gasteiger partial charge is 0.493 e. The fourth-order valence-electron chi connectivity index (χ4n) is 1.58. The van der Waals surface area contributed by atoms with E-state index >= 15 is 0 Å². The molecule has 0 heterocycles. The summed E-state index contributed by atoms with van der Waals surface area (Å²) < 4.78 is 24.7. The third-order valence-electron chi connectivity index (χ3n) is 2.57. The number of methoxy groups -OCH3 is 1. The van der Waals surface area contributed by atoms with E-state index in [-0.39, 0.29) is 15.8 Å². The van der Waals surface area contributed by atoms with Gasteiger partial charge in [0.25, 0.3) is 0 Å². The summed E-state index contributed by atoms with van der Waals surface area (Å²) >= 11 is 3.02. The topological polar surface area (TPSA) is 68.3 Å². The van der Waals surface area contributed by atoms with E-state index in [1.54, 1.807) is 18.2 Å². The molecule has 0 fully saturated rings. The SMILES string of the molecule is COc1cc(N)ccc1Oc1ccc(C#N)c(Br)c1F. The number of nitriles is 1. The Morgan fingerprint density at radius 1 is 1.20 bits per heavy atom. The van der Waals surface area contributed by atoms with Gasteiger partial charge >= 0.3 is 0 Å². The predicted octanol–water partition coefficient (Wildman–Crippen LogP) is 3.84. The lowest BCUT2D eigenvalue weighted by atomic mass is 10.2. The second-order valence-electron chi connectivity index (χ2n) is 3.86. The highest BCUT2D eigenvalue weighted by Gasteiger charge is 2.14. The van der Waals surface area contributed by atoms with Gasteiger partial charge in [-0.05, 0) is 40.2 Å². The molecule has 0 aromatic heterocycles. The molecule has 0 radical (unpaired) electrons. The number of hydrogen-bond donors (Lipinski definition) is 1. The van der Waals surface area contributed by atoms with Crippen molar-refractivity contribution in [3.8, 4) is 23.3 Å². The Hall–Kier alpha value is -2.26. The Bertz CT molecular complexity index is 698. The molecule has 4 nitrogen and oxygen atoms in total. The maximum Gasteiger partial charge on any atom is 0.181 e. The van der Waals surface area contributed by atoms with E-state index in [2.05, 4.69) is 15.9 Å². The number of rotatable bonds is 3. The molecule has 2 aromatic rings. The first kappa shape index (κ1) is 14.2. The maximum absolute atomic E-state index is 14.1. The van der Waals surface area contributed by atoms with Crippen LogP contribution in [0.5, 0.6) is 17.2 Å². The number of ether oxygens (including phenoxy) is 2. The summed E-state index contributed by atoms with van der Waals surface area (Å²) in [4.78, 5) is 0. The van der Waals surface area contributed by atoms with E-state index in [9.17, 15) is 4.39 Å². The van der Waals surface area contributed by atoms with Crippen LogP contribution in [-0.4, -0.2) is 7.11 Å². The molecular formula is C14H10BrFN2O2. The number of halogens is 2. The monoisotopic (exact) mass is 336 g/mol. The zero-order chi connectivity index (χ0) is 14.7. The Balaban J connectivity index is 2.41. The van der Waals surface area contributed by atoms with Gasteiger partial charge < -0.3 is 15.2 Å². The highest BCUT2D eigenvalue weighted by Crippen LogP contribution is 2.36. The van der Waals surface area contributed by atoms with E-state index in [1.807, 2.05) is 6.07 Å². The summed E-state index contributed by atoms with van der Waals surface area (Å²) in [5, 5.41) is 8.81. The van der Waals surface area contributed by atoms with E-state index < -0.39 is 5.82 Å². The summed E-state index contributed by atoms with van der Waals surface area (Å²) in [7, 11) is 1.46. The van der Waals surface area contributed by atoms with Crippen LogP contribution in [0.4, 0.5) is 10.1 Å². The summed E-state index contributed by atoms with van der Waals surface area (Å²) in [6, 6.07) is 9.50. The molecule has 2 aromatic carbocycles. The molecule has 0 aliphatic carbocycles. The summed E-state index contributed by atoms with van der Waals surface area (Å²) in [5.41, 5.74) is 6.34. The molecule has 2 rings (SSSR count). The Labute approximate surface area is 123 Å². The van der Waals surface area contributed by atoms with Gasteiger partial charge in [-0.3, -0.25) is 0 Å². The lowest BCUT2D eigenvalue weighted by Gasteiger charge is -2.12. The number of nitrogens with zero attached hydrogens (tertiary/aromatic N) is 1. The number of nitrogens with two attached hydrogens (primary N) is 1. The normalized spacial score (nSPS) is 9.90. The molecule has 0 amide bonds. The average molecular weight is 337 g/mol. The summed E-state index contributed by atoms with van der Waals surface area (Å²) in [6.07, 6.45) is 0. The van der Waals surface area contributed by atoms with Crippen LogP contribution >= 0.6 is 15.9 Å². The molecule has 0 unspecified atom stereocenters. The standard InChI is InChI=1S/C14H10BrFN2O2/c1-19-12-6-9(18)3-5-10(12)20-11-4-2-8(7-17)13(15)14(11)16/h2-6H,18H2,1H3. The van der Waals surface area contributed by atoms with Gasteiger partial charge in [-0.2, -0.15) is 5.26 Å². The third-order valence-corrected chi connectivity index (χ3v) is 3.35. The third kappa shape index (κ3) is 2.68. The fourth-order valence-corrected chi connectivity index (χ4v) is 2.00. The van der Waals surface area contributed by atoms with Crippen LogP contribution in [-0.2, 0) is 0 Å². The van der Waals surface area contributed by atoms with Crippen molar-refractivity contribution in [3.05, 3.63) is 46.2 Å². The van der Waals surface area contributed by atoms with Crippen LogP contribution in [0.3, 0.4) is 0 Å². The molecule has 0 aliphatic heterocycles. The van der Waals surface area contributed by atoms with E-state index in [1.165, 1.54) is 19.2 Å². The first-order valence-corrected chi connectivity index (χ1v) is 6.35. The lowest BCUT2D eigenvalue weighted by Crippen LogP contribution is -1.95. The van der Waals surface area contributed by atoms with Crippen molar-refractivity contribution in [2.45, 2.75) is 0 Å². The molecule has 6 heteroatoms. The molecule has 20 heavy (non-hydrogen) atoms. The van der Waals surface area contributed by atoms with Gasteiger partial charge in [0.15, 0.2) is 23.1 Å². The summed E-state index contributed by atoms with van der Waals surface area (Å²) in [5.74, 6) is 0.0592. The quantitative estimate of drug-likeness (QED) is 0.864. The van der Waals surface area contributed by atoms with Crippen LogP contribution < -0.4 is 15.2 Å². The minimum absolute atomic E-state index is 0.0149. The molecule has 0 aliphatic rings. The number of anilines is 1. The summed E-state index contributed by atoms with van der Waals surface area (Å²) in [6.45, 7) is 0. The molecule has 102 valence electrons. The van der Waals surface area contributed by atoms with Crippen LogP contribution in [0, 0.1) is 17.1 Å². The average Bonchev–Trinajstić information content (AvgIpc) is 2.45. The van der Waals surface area contributed by atoms with Crippen molar-refractivity contribution in [1.29, 1.82) is 5.26 Å². The molecule has 0 spiro atoms. The van der Waals surface area contributed by atoms with Gasteiger partial charge in [0, 0.05) is 11.8 Å². The zero-order valence-electron chi connectivity index (χ0n) is 10.5. The van der Waals surface area contributed by atoms with Crippen molar-refractivity contribution in [2.24, 2.45) is 0 Å². The molecule has 2 N–H and O–H groups in total. The van der Waals surface area contributed by atoms with Gasteiger partial charge in [-0.25, -0.2) is 4.39 Å². The molecule has 0 atom stereocenters. The second kappa shape index (κ2) is 5.80. The maximum atomic E-state index is 14.1. The lowest BCUT2D eigenvalue weighted by molar-refractivity contribution is 0.371. The first-order chi connectivity index (χ1) is 9.56. The van der Waals surface area contributed by atoms with Gasteiger partial charge in [0.05, 0.1) is 17.1 Å². The van der Waals surface area contributed by atoms with Crippen molar-refractivity contribution in [1.82, 2.24) is 0 Å². The molecule has 0 bridgehead atoms. The van der Waals surface area contributed by atoms with Crippen molar-refractivity contribution in [3.63, 3.8) is 0 Å². The van der Waals surface area contributed by atoms with Gasteiger partial charge in [-0.15, -0.1) is 0 Å². The highest BCUT2D eigenvalue weighted by atomic mass is 79.9. The Morgan fingerprint density at radius 2 is 1.90 bits per heavy atom. The zero-order valence-corrected chi connectivity index (χ0v) is 12.1. The van der Waals surface area contributed by atoms with E-state index in [4.69, 9.17) is 20.5 Å². The number of hydrogen-bond acceptors (Lipinski definition) is 4. The predicted molar refractivity (Wildman–Crippen MR) is 76.3 cm³/mol. The Kier molecular flexibility index (Phi) is 4.11. The number of nitrogen functional groups attached to an aromatic ring is 1. The first-order valence-electron chi connectivity index (χ1n) is 5.56. The highest BCUT2D eigenvalue weighted by molar-refractivity contribution is 9.10. The van der Waals surface area contributed by atoms with Crippen LogP contribution in [0.2, 0.25) is 0 Å². The smallest absolute Gasteiger partial charge is 0.181 e. The Morgan fingerprint density at radius 3 is 2.55 bits per heavy atom. The minimum atomic E-state index is -0.650. The van der Waals surface area contributed by atoms with Crippen LogP contribution in [0.25, 0.3) is 0 Å². The number of benzene rings is 2. The second-order valence-corrected chi connectivity index (χ2v) is 4.66. The van der Waals surface area contributed by atoms with Gasteiger partial charge in [-0.1, -0.05) is 0 Å². The fraction of sp³-hybridized carbons (Fsp3) is 0.0714. The van der Waals surface area contributed by atoms with E-state index in [0.717, 1.165) is 0 Å². The van der Waals surface area contributed by atoms with E-state index in [0.29, 0.717) is 17.2 Å². The molecular weight excluding hydrogens is 327 g/mol. The molecule has 0 saturated carbocycles. The van der Waals surface area contributed by atoms with Crippen LogP contribution in [0.1, 0.15) is 5.56 Å². The van der Waals surface area contributed by atoms with Crippen molar-refractivity contribution < 1.29 is 13.9 Å². The van der Waals surface area contributed by atoms with Gasteiger partial charge in [0.1, 0.15) is 6.07 Å². The van der Waals surface area contributed by atoms with Crippen molar-refractivity contribution >= 4 is 21.6 Å². The van der Waals surface area contributed by atoms with Crippen molar-refractivity contribution in [2.75, 3.05) is 12.8 Å².